The Kier molecular flexibility index (Phi) is 18.4. The number of carbonyl (C=O) groups excluding carboxylic acids is 2. The molecule has 0 saturated carbocycles. The first kappa shape index (κ1) is 49.9. The van der Waals surface area contributed by atoms with Crippen molar-refractivity contribution in [1.29, 1.82) is 0 Å². The lowest BCUT2D eigenvalue weighted by Crippen LogP contribution is -2.51. The topological polar surface area (TPSA) is 197 Å². The van der Waals surface area contributed by atoms with Gasteiger partial charge in [0.05, 0.1) is 56.1 Å². The summed E-state index contributed by atoms with van der Waals surface area (Å²) in [5, 5.41) is 17.9. The Morgan fingerprint density at radius 1 is 0.968 bits per heavy atom. The van der Waals surface area contributed by atoms with E-state index in [1.165, 1.54) is 30.5 Å². The zero-order valence-electron chi connectivity index (χ0n) is 37.3. The number of methoxy groups -OCH3 is 1. The minimum Gasteiger partial charge on any atom is -0.497 e. The SMILES string of the molecule is CCCOC(=O)[C@H](C)OP(=O)(CCNCc1ccc(C[C@H](NC(=O)O[C@H]2CO[C@H]3OCC[C@H]32)[C@H](O)CN(CC(C)C)S(=O)(=O)c2ccc(OC)cc2)cc1)Oc1c(C)cccc1C. The van der Waals surface area contributed by atoms with Crippen molar-refractivity contribution in [3.8, 4) is 11.5 Å². The van der Waals surface area contributed by atoms with Gasteiger partial charge in [0.25, 0.3) is 0 Å². The molecule has 7 atom stereocenters. The molecule has 63 heavy (non-hydrogen) atoms. The summed E-state index contributed by atoms with van der Waals surface area (Å²) in [4.78, 5) is 26.0. The molecular weight excluding hydrogens is 854 g/mol. The summed E-state index contributed by atoms with van der Waals surface area (Å²) in [7, 11) is -6.42. The molecule has 0 spiro atoms. The molecule has 3 N–H and O–H groups in total. The average Bonchev–Trinajstić information content (AvgIpc) is 3.88. The quantitative estimate of drug-likeness (QED) is 0.0527. The van der Waals surface area contributed by atoms with Gasteiger partial charge in [-0.3, -0.25) is 4.52 Å². The highest BCUT2D eigenvalue weighted by Gasteiger charge is 2.44. The first-order chi connectivity index (χ1) is 30.0. The number of fused-ring (bicyclic) bond motifs is 1. The summed E-state index contributed by atoms with van der Waals surface area (Å²) in [6.45, 7) is 12.2. The number of esters is 1. The normalized spacial score (nSPS) is 19.8. The first-order valence-electron chi connectivity index (χ1n) is 21.5. The number of amides is 1. The number of nitrogens with zero attached hydrogens (tertiary/aromatic N) is 1. The summed E-state index contributed by atoms with van der Waals surface area (Å²) in [6, 6.07) is 18.1. The number of hydrogen-bond acceptors (Lipinski definition) is 14. The van der Waals surface area contributed by atoms with E-state index in [1.54, 1.807) is 12.1 Å². The van der Waals surface area contributed by atoms with Crippen LogP contribution in [-0.2, 0) is 55.8 Å². The van der Waals surface area contributed by atoms with Gasteiger partial charge in [0.1, 0.15) is 17.6 Å². The Labute approximate surface area is 371 Å². The van der Waals surface area contributed by atoms with Crippen LogP contribution in [0.15, 0.2) is 71.6 Å². The van der Waals surface area contributed by atoms with Crippen LogP contribution in [0.25, 0.3) is 0 Å². The lowest BCUT2D eigenvalue weighted by Gasteiger charge is -2.31. The monoisotopic (exact) mass is 917 g/mol. The van der Waals surface area contributed by atoms with Crippen molar-refractivity contribution in [3.05, 3.63) is 89.0 Å². The second kappa shape index (κ2) is 23.2. The Balaban J connectivity index is 1.26. The molecule has 0 bridgehead atoms. The van der Waals surface area contributed by atoms with Crippen LogP contribution < -0.4 is 19.9 Å². The molecule has 2 fully saturated rings. The summed E-state index contributed by atoms with van der Waals surface area (Å²) < 4.78 is 82.6. The number of sulfonamides is 1. The van der Waals surface area contributed by atoms with Crippen molar-refractivity contribution < 1.29 is 60.4 Å². The molecule has 2 saturated heterocycles. The molecule has 5 rings (SSSR count). The Bertz CT molecular complexity index is 2090. The Hall–Kier alpha value is -4.06. The molecule has 1 amide bonds. The van der Waals surface area contributed by atoms with Gasteiger partial charge in [-0.1, -0.05) is 63.2 Å². The molecule has 3 aromatic rings. The van der Waals surface area contributed by atoms with Gasteiger partial charge in [-0.15, -0.1) is 0 Å². The van der Waals surface area contributed by atoms with Gasteiger partial charge in [-0.2, -0.15) is 4.31 Å². The fourth-order valence-corrected chi connectivity index (χ4v) is 10.8. The minimum atomic E-state index is -4.06. The smallest absolute Gasteiger partial charge is 0.407 e. The number of nitrogens with one attached hydrogen (secondary N) is 2. The van der Waals surface area contributed by atoms with Gasteiger partial charge in [0.15, 0.2) is 12.4 Å². The van der Waals surface area contributed by atoms with Crippen molar-refractivity contribution >= 4 is 29.7 Å². The molecule has 18 heteroatoms. The van der Waals surface area contributed by atoms with Gasteiger partial charge < -0.3 is 43.9 Å². The third-order valence-electron chi connectivity index (χ3n) is 10.8. The summed E-state index contributed by atoms with van der Waals surface area (Å²) in [6.07, 6.45) is -2.73. The second-order valence-corrected chi connectivity index (χ2v) is 20.4. The number of aliphatic hydroxyl groups is 1. The lowest BCUT2D eigenvalue weighted by molar-refractivity contribution is -0.151. The molecule has 0 radical (unpaired) electrons. The molecule has 2 heterocycles. The fraction of sp³-hybridized carbons (Fsp3) is 0.556. The average molecular weight is 918 g/mol. The lowest BCUT2D eigenvalue weighted by atomic mass is 10.00. The van der Waals surface area contributed by atoms with Crippen molar-refractivity contribution in [3.63, 3.8) is 0 Å². The predicted molar refractivity (Wildman–Crippen MR) is 236 cm³/mol. The third-order valence-corrected chi connectivity index (χ3v) is 14.5. The third kappa shape index (κ3) is 14.2. The van der Waals surface area contributed by atoms with Crippen LogP contribution in [-0.4, -0.2) is 113 Å². The highest BCUT2D eigenvalue weighted by molar-refractivity contribution is 7.89. The number of para-hydroxylation sites is 1. The van der Waals surface area contributed by atoms with Crippen LogP contribution in [0.4, 0.5) is 4.79 Å². The second-order valence-electron chi connectivity index (χ2n) is 16.4. The van der Waals surface area contributed by atoms with E-state index >= 15 is 0 Å². The highest BCUT2D eigenvalue weighted by Crippen LogP contribution is 2.50. The van der Waals surface area contributed by atoms with E-state index in [-0.39, 0.29) is 62.2 Å². The number of alkyl carbamates (subject to hydrolysis) is 1. The van der Waals surface area contributed by atoms with Gasteiger partial charge in [0.2, 0.25) is 10.0 Å². The Morgan fingerprint density at radius 3 is 2.30 bits per heavy atom. The van der Waals surface area contributed by atoms with Crippen LogP contribution in [0.1, 0.15) is 62.8 Å². The molecule has 0 aliphatic carbocycles. The summed E-state index contributed by atoms with van der Waals surface area (Å²) >= 11 is 0. The van der Waals surface area contributed by atoms with E-state index in [0.717, 1.165) is 22.3 Å². The van der Waals surface area contributed by atoms with E-state index in [1.807, 2.05) is 77.1 Å². The molecule has 348 valence electrons. The fourth-order valence-electron chi connectivity index (χ4n) is 7.37. The minimum absolute atomic E-state index is 0.0327. The number of carbonyl (C=O) groups is 2. The molecule has 3 aromatic carbocycles. The van der Waals surface area contributed by atoms with Crippen molar-refractivity contribution in [2.24, 2.45) is 11.8 Å². The number of benzene rings is 3. The molecule has 1 unspecified atom stereocenters. The van der Waals surface area contributed by atoms with Crippen LogP contribution in [0, 0.1) is 25.7 Å². The molecule has 16 nitrogen and oxygen atoms in total. The number of ether oxygens (including phenoxy) is 5. The highest BCUT2D eigenvalue weighted by atomic mass is 32.2. The van der Waals surface area contributed by atoms with Crippen molar-refractivity contribution in [2.75, 3.05) is 52.7 Å². The number of hydrogen-bond donors (Lipinski definition) is 3. The zero-order valence-corrected chi connectivity index (χ0v) is 39.0. The van der Waals surface area contributed by atoms with E-state index < -0.39 is 60.3 Å². The van der Waals surface area contributed by atoms with E-state index in [4.69, 9.17) is 32.7 Å². The first-order valence-corrected chi connectivity index (χ1v) is 24.7. The largest absolute Gasteiger partial charge is 0.497 e. The maximum atomic E-state index is 14.2. The van der Waals surface area contributed by atoms with Crippen molar-refractivity contribution in [2.45, 2.75) is 103 Å². The summed E-state index contributed by atoms with van der Waals surface area (Å²) in [5.41, 5.74) is 3.20. The van der Waals surface area contributed by atoms with Crippen LogP contribution in [0.2, 0.25) is 0 Å². The van der Waals surface area contributed by atoms with Gasteiger partial charge in [0, 0.05) is 26.2 Å². The number of aryl methyl sites for hydroxylation is 2. The zero-order chi connectivity index (χ0) is 45.7. The molecule has 0 aromatic heterocycles. The van der Waals surface area contributed by atoms with Gasteiger partial charge in [-0.05, 0) is 92.5 Å². The number of rotatable bonds is 24. The number of aliphatic hydroxyl groups excluding tert-OH is 1. The standard InChI is InChI=1S/C45H64N3O13PS/c1-8-22-56-43(50)33(6)60-62(52,61-42-31(4)10-9-11-32(42)5)24-21-46-26-35-14-12-34(13-15-35)25-39(47-45(51)59-41-29-58-44-38(41)20-23-57-44)40(49)28-48(27-30(2)3)63(53,54)37-18-16-36(55-7)17-19-37/h9-19,30,33,38-41,44,46,49H,8,20-29H2,1-7H3,(H,47,51)/t33-,38-,39-,40+,41-,44+,62?/m0/s1. The van der Waals surface area contributed by atoms with Gasteiger partial charge in [-0.25, -0.2) is 22.6 Å². The Morgan fingerprint density at radius 2 is 1.65 bits per heavy atom. The summed E-state index contributed by atoms with van der Waals surface area (Å²) in [5.74, 6) is 0.147. The maximum Gasteiger partial charge on any atom is 0.407 e. The molecule has 2 aliphatic rings. The van der Waals surface area contributed by atoms with Crippen LogP contribution >= 0.6 is 7.60 Å². The van der Waals surface area contributed by atoms with E-state index in [0.29, 0.717) is 37.5 Å². The molecular formula is C45H64N3O13PS. The van der Waals surface area contributed by atoms with Gasteiger partial charge >= 0.3 is 19.7 Å². The van der Waals surface area contributed by atoms with Crippen LogP contribution in [0.5, 0.6) is 11.5 Å². The van der Waals surface area contributed by atoms with E-state index in [2.05, 4.69) is 10.6 Å². The van der Waals surface area contributed by atoms with Crippen LogP contribution in [0.3, 0.4) is 0 Å². The van der Waals surface area contributed by atoms with E-state index in [9.17, 15) is 27.7 Å². The molecule has 2 aliphatic heterocycles. The predicted octanol–water partition coefficient (Wildman–Crippen LogP) is 6.14. The van der Waals surface area contributed by atoms with Crippen molar-refractivity contribution in [1.82, 2.24) is 14.9 Å². The maximum absolute atomic E-state index is 14.2.